The van der Waals surface area contributed by atoms with Crippen LogP contribution in [0.15, 0.2) is 66.9 Å². The third-order valence-electron chi connectivity index (χ3n) is 7.37. The lowest BCUT2D eigenvalue weighted by molar-refractivity contribution is -0.137. The maximum absolute atomic E-state index is 13.1. The predicted octanol–water partition coefficient (Wildman–Crippen LogP) is 6.80. The average Bonchev–Trinajstić information content (AvgIpc) is 2.96. The molecule has 1 aliphatic heterocycles. The Morgan fingerprint density at radius 2 is 1.82 bits per heavy atom. The van der Waals surface area contributed by atoms with Gasteiger partial charge in [0.25, 0.3) is 5.91 Å². The summed E-state index contributed by atoms with van der Waals surface area (Å²) in [4.78, 5) is 26.9. The molecule has 0 aliphatic carbocycles. The molecule has 0 bridgehead atoms. The van der Waals surface area contributed by atoms with Crippen molar-refractivity contribution in [2.24, 2.45) is 0 Å². The summed E-state index contributed by atoms with van der Waals surface area (Å²) in [5.41, 5.74) is 3.15. The van der Waals surface area contributed by atoms with E-state index in [-0.39, 0.29) is 5.69 Å². The molecular formula is C31H32F3N5O. The van der Waals surface area contributed by atoms with E-state index >= 15 is 0 Å². The van der Waals surface area contributed by atoms with Crippen LogP contribution in [0.1, 0.15) is 40.7 Å². The lowest BCUT2D eigenvalue weighted by Gasteiger charge is -2.28. The van der Waals surface area contributed by atoms with Gasteiger partial charge in [0.1, 0.15) is 0 Å². The lowest BCUT2D eigenvalue weighted by Crippen LogP contribution is -2.37. The number of alkyl halides is 3. The number of nitrogens with one attached hydrogen (secondary N) is 1. The zero-order chi connectivity index (χ0) is 28.3. The minimum absolute atomic E-state index is 0.0847. The molecule has 0 unspecified atom stereocenters. The maximum atomic E-state index is 13.1. The van der Waals surface area contributed by atoms with Crippen molar-refractivity contribution in [2.75, 3.05) is 43.4 Å². The number of likely N-dealkylation sites (N-methyl/N-ethyl adjacent to an activating group) is 1. The second-order valence-electron chi connectivity index (χ2n) is 10.3. The number of rotatable bonds is 7. The molecule has 1 N–H and O–H groups in total. The summed E-state index contributed by atoms with van der Waals surface area (Å²) in [6.45, 7) is 6.11. The van der Waals surface area contributed by atoms with E-state index in [2.05, 4.69) is 20.1 Å². The van der Waals surface area contributed by atoms with Gasteiger partial charge in [-0.1, -0.05) is 24.6 Å². The van der Waals surface area contributed by atoms with Gasteiger partial charge in [0.05, 0.1) is 11.1 Å². The summed E-state index contributed by atoms with van der Waals surface area (Å²) in [7, 11) is 2.01. The largest absolute Gasteiger partial charge is 0.416 e. The van der Waals surface area contributed by atoms with E-state index in [1.165, 1.54) is 31.4 Å². The Balaban J connectivity index is 1.32. The molecule has 0 spiro atoms. The fourth-order valence-electron chi connectivity index (χ4n) is 5.00. The number of carbonyl (C=O) groups is 1. The van der Waals surface area contributed by atoms with Gasteiger partial charge in [0.2, 0.25) is 5.95 Å². The number of fused-ring (bicyclic) bond motifs is 1. The van der Waals surface area contributed by atoms with Gasteiger partial charge in [-0.3, -0.25) is 4.79 Å². The first kappa shape index (κ1) is 27.6. The van der Waals surface area contributed by atoms with Crippen LogP contribution in [0.2, 0.25) is 0 Å². The predicted molar refractivity (Wildman–Crippen MR) is 153 cm³/mol. The molecule has 0 atom stereocenters. The van der Waals surface area contributed by atoms with Crippen LogP contribution in [-0.2, 0) is 6.18 Å². The first-order valence-corrected chi connectivity index (χ1v) is 13.5. The summed E-state index contributed by atoms with van der Waals surface area (Å²) in [6, 6.07) is 15.8. The van der Waals surface area contributed by atoms with Crippen LogP contribution < -0.4 is 10.2 Å². The van der Waals surface area contributed by atoms with E-state index in [4.69, 9.17) is 4.98 Å². The second-order valence-corrected chi connectivity index (χ2v) is 10.3. The number of nitrogens with zero attached hydrogens (tertiary/aromatic N) is 4. The van der Waals surface area contributed by atoms with Gasteiger partial charge in [-0.15, -0.1) is 0 Å². The van der Waals surface area contributed by atoms with Crippen LogP contribution in [0.3, 0.4) is 0 Å². The zero-order valence-electron chi connectivity index (χ0n) is 22.6. The number of anilines is 2. The van der Waals surface area contributed by atoms with Crippen molar-refractivity contribution in [3.63, 3.8) is 0 Å². The van der Waals surface area contributed by atoms with E-state index < -0.39 is 17.6 Å². The highest BCUT2D eigenvalue weighted by atomic mass is 19.4. The van der Waals surface area contributed by atoms with Crippen molar-refractivity contribution >= 4 is 28.4 Å². The molecule has 1 aliphatic rings. The van der Waals surface area contributed by atoms with E-state index in [1.54, 1.807) is 12.1 Å². The minimum Gasteiger partial charge on any atom is -0.343 e. The summed E-state index contributed by atoms with van der Waals surface area (Å²) >= 11 is 0. The van der Waals surface area contributed by atoms with Gasteiger partial charge in [-0.2, -0.15) is 13.2 Å². The normalized spacial score (nSPS) is 14.3. The lowest BCUT2D eigenvalue weighted by atomic mass is 9.97. The molecule has 3 aromatic carbocycles. The van der Waals surface area contributed by atoms with Crippen molar-refractivity contribution in [2.45, 2.75) is 32.4 Å². The molecule has 1 amide bonds. The van der Waals surface area contributed by atoms with E-state index in [0.717, 1.165) is 65.9 Å². The number of carbonyl (C=O) groups excluding carboxylic acids is 1. The van der Waals surface area contributed by atoms with Crippen LogP contribution in [0.5, 0.6) is 0 Å². The highest BCUT2D eigenvalue weighted by Crippen LogP contribution is 2.31. The molecule has 1 saturated heterocycles. The second kappa shape index (κ2) is 11.6. The highest BCUT2D eigenvalue weighted by Gasteiger charge is 2.30. The molecule has 0 saturated carbocycles. The molecule has 4 aromatic rings. The molecule has 1 aromatic heterocycles. The number of hydrogen-bond donors (Lipinski definition) is 1. The van der Waals surface area contributed by atoms with Gasteiger partial charge in [0, 0.05) is 43.0 Å². The maximum Gasteiger partial charge on any atom is 0.416 e. The fraction of sp³-hybridized carbons (Fsp3) is 0.323. The summed E-state index contributed by atoms with van der Waals surface area (Å²) in [5, 5.41) is 3.46. The highest BCUT2D eigenvalue weighted by molar-refractivity contribution is 6.05. The molecule has 40 heavy (non-hydrogen) atoms. The molecule has 5 rings (SSSR count). The van der Waals surface area contributed by atoms with E-state index in [9.17, 15) is 18.0 Å². The molecule has 9 heteroatoms. The van der Waals surface area contributed by atoms with Crippen LogP contribution in [0.25, 0.3) is 22.0 Å². The number of halogens is 3. The van der Waals surface area contributed by atoms with Crippen molar-refractivity contribution < 1.29 is 18.0 Å². The Kier molecular flexibility index (Phi) is 8.02. The van der Waals surface area contributed by atoms with Crippen molar-refractivity contribution in [3.8, 4) is 11.1 Å². The smallest absolute Gasteiger partial charge is 0.343 e. The number of likely N-dealkylation sites (tertiary alicyclic amines) is 1. The van der Waals surface area contributed by atoms with Gasteiger partial charge in [0.15, 0.2) is 0 Å². The Morgan fingerprint density at radius 1 is 1.02 bits per heavy atom. The minimum atomic E-state index is -4.49. The third-order valence-corrected chi connectivity index (χ3v) is 7.37. The molecular weight excluding hydrogens is 515 g/mol. The summed E-state index contributed by atoms with van der Waals surface area (Å²) < 4.78 is 39.2. The topological polar surface area (TPSA) is 61.4 Å². The number of benzene rings is 3. The Morgan fingerprint density at radius 3 is 2.60 bits per heavy atom. The standard InChI is InChI=1S/C31H32F3N5O/c1-21-9-10-23(29(40)36-26-8-6-7-25(19-26)31(32,33)34)18-27(21)22-11-12-28-24(17-22)20-35-30(37-28)38(2)15-16-39-13-4-3-5-14-39/h6-12,17-20H,3-5,13-16H2,1-2H3,(H,36,40). The first-order chi connectivity index (χ1) is 19.2. The number of amides is 1. The average molecular weight is 548 g/mol. The van der Waals surface area contributed by atoms with Gasteiger partial charge >= 0.3 is 6.18 Å². The monoisotopic (exact) mass is 547 g/mol. The number of aryl methyl sites for hydroxylation is 1. The molecule has 6 nitrogen and oxygen atoms in total. The fourth-order valence-corrected chi connectivity index (χ4v) is 5.00. The van der Waals surface area contributed by atoms with Crippen LogP contribution in [-0.4, -0.2) is 54.0 Å². The van der Waals surface area contributed by atoms with Crippen LogP contribution in [0.4, 0.5) is 24.8 Å². The summed E-state index contributed by atoms with van der Waals surface area (Å²) in [5.74, 6) is 0.198. The van der Waals surface area contributed by atoms with E-state index in [0.29, 0.717) is 11.5 Å². The molecule has 208 valence electrons. The van der Waals surface area contributed by atoms with Gasteiger partial charge in [-0.05, 0) is 92.0 Å². The molecule has 0 radical (unpaired) electrons. The third kappa shape index (κ3) is 6.42. The van der Waals surface area contributed by atoms with Crippen molar-refractivity contribution in [1.82, 2.24) is 14.9 Å². The molecule has 1 fully saturated rings. The van der Waals surface area contributed by atoms with Crippen molar-refractivity contribution in [1.29, 1.82) is 0 Å². The Hall–Kier alpha value is -3.98. The quantitative estimate of drug-likeness (QED) is 0.276. The number of aromatic nitrogens is 2. The van der Waals surface area contributed by atoms with Crippen molar-refractivity contribution in [3.05, 3.63) is 83.6 Å². The number of piperidine rings is 1. The van der Waals surface area contributed by atoms with Gasteiger partial charge in [-0.25, -0.2) is 9.97 Å². The van der Waals surface area contributed by atoms with Gasteiger partial charge < -0.3 is 15.1 Å². The Bertz CT molecular complexity index is 1510. The zero-order valence-corrected chi connectivity index (χ0v) is 22.6. The number of hydrogen-bond acceptors (Lipinski definition) is 5. The SMILES string of the molecule is Cc1ccc(C(=O)Nc2cccc(C(F)(F)F)c2)cc1-c1ccc2nc(N(C)CCN3CCCCC3)ncc2c1. The molecule has 2 heterocycles. The summed E-state index contributed by atoms with van der Waals surface area (Å²) in [6.07, 6.45) is 1.18. The van der Waals surface area contributed by atoms with Crippen LogP contribution in [0, 0.1) is 6.92 Å². The van der Waals surface area contributed by atoms with Crippen LogP contribution >= 0.6 is 0 Å². The van der Waals surface area contributed by atoms with E-state index in [1.807, 2.05) is 44.4 Å². The Labute approximate surface area is 231 Å². The first-order valence-electron chi connectivity index (χ1n) is 13.5.